The van der Waals surface area contributed by atoms with E-state index in [-0.39, 0.29) is 5.97 Å². The third-order valence-corrected chi connectivity index (χ3v) is 5.30. The number of nitrogens with zero attached hydrogens (tertiary/aromatic N) is 2. The molecule has 19 heavy (non-hydrogen) atoms. The number of hydrogen-bond acceptors (Lipinski definition) is 6. The van der Waals surface area contributed by atoms with Gasteiger partial charge in [0.15, 0.2) is 10.8 Å². The van der Waals surface area contributed by atoms with Crippen molar-refractivity contribution < 1.29 is 9.53 Å². The van der Waals surface area contributed by atoms with E-state index >= 15 is 0 Å². The molecule has 0 N–H and O–H groups in total. The second-order valence-corrected chi connectivity index (χ2v) is 6.49. The summed E-state index contributed by atoms with van der Waals surface area (Å²) in [5.41, 5.74) is 0.438. The molecule has 0 bridgehead atoms. The molecular weight excluding hydrogens is 280 g/mol. The first-order valence-electron chi connectivity index (χ1n) is 6.65. The maximum Gasteiger partial charge on any atom is 0.357 e. The lowest BCUT2D eigenvalue weighted by Gasteiger charge is -2.19. The highest BCUT2D eigenvalue weighted by molar-refractivity contribution is 7.99. The molecule has 2 rings (SSSR count). The van der Waals surface area contributed by atoms with Gasteiger partial charge in [0.05, 0.1) is 6.61 Å². The molecule has 4 nitrogen and oxygen atoms in total. The zero-order valence-electron chi connectivity index (χ0n) is 11.4. The summed E-state index contributed by atoms with van der Waals surface area (Å²) in [6.07, 6.45) is 5.84. The Hall–Kier alpha value is -0.750. The molecule has 0 amide bonds. The standard InChI is InChI=1S/C13H20N2O2S2/c1-3-17-12(16)11-9-19-13(14-11)15-7-4-5-10(18-2)6-8-15/h9-10H,3-8H2,1-2H3. The van der Waals surface area contributed by atoms with Crippen molar-refractivity contribution in [3.8, 4) is 0 Å². The summed E-state index contributed by atoms with van der Waals surface area (Å²) >= 11 is 3.49. The largest absolute Gasteiger partial charge is 0.461 e. The summed E-state index contributed by atoms with van der Waals surface area (Å²) in [4.78, 5) is 18.3. The summed E-state index contributed by atoms with van der Waals surface area (Å²) in [5.74, 6) is -0.318. The van der Waals surface area contributed by atoms with Gasteiger partial charge in [-0.25, -0.2) is 9.78 Å². The molecule has 0 radical (unpaired) electrons. The fourth-order valence-corrected chi connectivity index (χ4v) is 3.79. The van der Waals surface area contributed by atoms with Gasteiger partial charge in [0.1, 0.15) is 0 Å². The first-order chi connectivity index (χ1) is 9.24. The van der Waals surface area contributed by atoms with Crippen LogP contribution in [0.25, 0.3) is 0 Å². The van der Waals surface area contributed by atoms with Crippen LogP contribution in [0.4, 0.5) is 5.13 Å². The predicted octanol–water partition coefficient (Wildman–Crippen LogP) is 3.04. The maximum atomic E-state index is 11.6. The quantitative estimate of drug-likeness (QED) is 0.800. The lowest BCUT2D eigenvalue weighted by Crippen LogP contribution is -2.24. The third kappa shape index (κ3) is 3.86. The molecule has 6 heteroatoms. The van der Waals surface area contributed by atoms with Gasteiger partial charge in [0, 0.05) is 23.7 Å². The molecule has 0 saturated carbocycles. The number of rotatable bonds is 4. The molecule has 1 aromatic rings. The lowest BCUT2D eigenvalue weighted by atomic mass is 10.2. The Kier molecular flexibility index (Phi) is 5.51. The monoisotopic (exact) mass is 300 g/mol. The van der Waals surface area contributed by atoms with Crippen molar-refractivity contribution in [2.75, 3.05) is 30.9 Å². The van der Waals surface area contributed by atoms with E-state index in [1.54, 1.807) is 5.38 Å². The summed E-state index contributed by atoms with van der Waals surface area (Å²) < 4.78 is 4.97. The van der Waals surface area contributed by atoms with Crippen LogP contribution in [0.1, 0.15) is 36.7 Å². The zero-order chi connectivity index (χ0) is 13.7. The molecule has 1 saturated heterocycles. The molecule has 0 aromatic carbocycles. The second kappa shape index (κ2) is 7.14. The fourth-order valence-electron chi connectivity index (χ4n) is 2.20. The molecule has 0 spiro atoms. The van der Waals surface area contributed by atoms with E-state index < -0.39 is 0 Å². The SMILES string of the molecule is CCOC(=O)c1csc(N2CCCC(SC)CC2)n1. The minimum absolute atomic E-state index is 0.318. The lowest BCUT2D eigenvalue weighted by molar-refractivity contribution is 0.0520. The zero-order valence-corrected chi connectivity index (χ0v) is 13.1. The van der Waals surface area contributed by atoms with Crippen molar-refractivity contribution in [3.05, 3.63) is 11.1 Å². The van der Waals surface area contributed by atoms with Gasteiger partial charge in [-0.2, -0.15) is 11.8 Å². The van der Waals surface area contributed by atoms with Crippen LogP contribution in [0.5, 0.6) is 0 Å². The molecule has 0 aliphatic carbocycles. The summed E-state index contributed by atoms with van der Waals surface area (Å²) in [7, 11) is 0. The number of hydrogen-bond donors (Lipinski definition) is 0. The summed E-state index contributed by atoms with van der Waals surface area (Å²) in [5, 5.41) is 3.50. The molecule has 1 aliphatic heterocycles. The van der Waals surface area contributed by atoms with Crippen LogP contribution in [-0.4, -0.2) is 42.2 Å². The van der Waals surface area contributed by atoms with E-state index in [0.717, 1.165) is 23.5 Å². The first-order valence-corrected chi connectivity index (χ1v) is 8.81. The Morgan fingerprint density at radius 3 is 3.16 bits per heavy atom. The Labute approximate surface area is 122 Å². The normalized spacial score (nSPS) is 20.1. The van der Waals surface area contributed by atoms with Crippen molar-refractivity contribution in [2.45, 2.75) is 31.4 Å². The van der Waals surface area contributed by atoms with Gasteiger partial charge in [-0.05, 0) is 32.4 Å². The highest BCUT2D eigenvalue weighted by Gasteiger charge is 2.20. The van der Waals surface area contributed by atoms with E-state index in [1.165, 1.54) is 30.6 Å². The molecule has 1 aromatic heterocycles. The Morgan fingerprint density at radius 1 is 1.58 bits per heavy atom. The van der Waals surface area contributed by atoms with E-state index in [9.17, 15) is 4.79 Å². The van der Waals surface area contributed by atoms with Gasteiger partial charge in [-0.3, -0.25) is 0 Å². The topological polar surface area (TPSA) is 42.4 Å². The number of carbonyl (C=O) groups excluding carboxylic acids is 1. The van der Waals surface area contributed by atoms with Crippen molar-refractivity contribution in [1.82, 2.24) is 4.98 Å². The van der Waals surface area contributed by atoms with E-state index in [4.69, 9.17) is 4.74 Å². The number of thioether (sulfide) groups is 1. The van der Waals surface area contributed by atoms with Gasteiger partial charge in [0.25, 0.3) is 0 Å². The minimum atomic E-state index is -0.318. The number of aromatic nitrogens is 1. The number of thiazole rings is 1. The highest BCUT2D eigenvalue weighted by atomic mass is 32.2. The van der Waals surface area contributed by atoms with Crippen LogP contribution >= 0.6 is 23.1 Å². The molecule has 106 valence electrons. The van der Waals surface area contributed by atoms with Gasteiger partial charge >= 0.3 is 5.97 Å². The molecular formula is C13H20N2O2S2. The smallest absolute Gasteiger partial charge is 0.357 e. The minimum Gasteiger partial charge on any atom is -0.461 e. The molecule has 1 aliphatic rings. The Morgan fingerprint density at radius 2 is 2.42 bits per heavy atom. The molecule has 1 fully saturated rings. The van der Waals surface area contributed by atoms with Crippen molar-refractivity contribution in [2.24, 2.45) is 0 Å². The number of anilines is 1. The third-order valence-electron chi connectivity index (χ3n) is 3.26. The average molecular weight is 300 g/mol. The summed E-state index contributed by atoms with van der Waals surface area (Å²) in [6, 6.07) is 0. The van der Waals surface area contributed by atoms with Gasteiger partial charge in [-0.1, -0.05) is 0 Å². The predicted molar refractivity (Wildman–Crippen MR) is 81.4 cm³/mol. The van der Waals surface area contributed by atoms with E-state index in [0.29, 0.717) is 12.3 Å². The van der Waals surface area contributed by atoms with Crippen molar-refractivity contribution in [1.29, 1.82) is 0 Å². The maximum absolute atomic E-state index is 11.6. The van der Waals surface area contributed by atoms with Crippen LogP contribution in [0, 0.1) is 0 Å². The molecule has 2 heterocycles. The van der Waals surface area contributed by atoms with Gasteiger partial charge in [0.2, 0.25) is 0 Å². The number of carbonyl (C=O) groups is 1. The van der Waals surface area contributed by atoms with Crippen LogP contribution in [0.3, 0.4) is 0 Å². The number of ether oxygens (including phenoxy) is 1. The first kappa shape index (κ1) is 14.7. The Balaban J connectivity index is 2.00. The Bertz CT molecular complexity index is 423. The second-order valence-electron chi connectivity index (χ2n) is 4.51. The van der Waals surface area contributed by atoms with Crippen molar-refractivity contribution in [3.63, 3.8) is 0 Å². The fraction of sp³-hybridized carbons (Fsp3) is 0.692. The van der Waals surface area contributed by atoms with E-state index in [1.807, 2.05) is 18.7 Å². The molecule has 1 unspecified atom stereocenters. The molecule has 1 atom stereocenters. The van der Waals surface area contributed by atoms with Crippen LogP contribution in [-0.2, 0) is 4.74 Å². The van der Waals surface area contributed by atoms with Gasteiger partial charge < -0.3 is 9.64 Å². The van der Waals surface area contributed by atoms with Gasteiger partial charge in [-0.15, -0.1) is 11.3 Å². The average Bonchev–Trinajstić information content (AvgIpc) is 2.78. The highest BCUT2D eigenvalue weighted by Crippen LogP contribution is 2.27. The van der Waals surface area contributed by atoms with Crippen molar-refractivity contribution >= 4 is 34.2 Å². The number of esters is 1. The van der Waals surface area contributed by atoms with Crippen LogP contribution in [0.15, 0.2) is 5.38 Å². The van der Waals surface area contributed by atoms with Crippen LogP contribution < -0.4 is 4.90 Å². The summed E-state index contributed by atoms with van der Waals surface area (Å²) in [6.45, 7) is 4.27. The van der Waals surface area contributed by atoms with E-state index in [2.05, 4.69) is 16.1 Å². The van der Waals surface area contributed by atoms with Crippen LogP contribution in [0.2, 0.25) is 0 Å².